The minimum atomic E-state index is 0. The molecule has 0 bridgehead atoms. The van der Waals surface area contributed by atoms with Gasteiger partial charge in [0.25, 0.3) is 0 Å². The Bertz CT molecular complexity index is 1440. The van der Waals surface area contributed by atoms with Crippen LogP contribution >= 0.6 is 0 Å². The van der Waals surface area contributed by atoms with Crippen LogP contribution < -0.4 is 45.6 Å². The first-order valence-corrected chi connectivity index (χ1v) is 21.0. The molecule has 4 aromatic carbocycles. The van der Waals surface area contributed by atoms with Crippen molar-refractivity contribution in [1.29, 1.82) is 0 Å². The fraction of sp³-hybridized carbons (Fsp3) is 0.333. The first kappa shape index (κ1) is 61.2. The van der Waals surface area contributed by atoms with Crippen molar-refractivity contribution in [2.45, 2.75) is 82.1 Å². The fourth-order valence-corrected chi connectivity index (χ4v) is 7.33. The number of allylic oxidation sites excluding steroid dienone is 8. The number of hydrogen-bond acceptors (Lipinski definition) is 0. The quantitative estimate of drug-likeness (QED) is 0.202. The molecule has 6 rings (SSSR count). The Morgan fingerprint density at radius 1 is 0.446 bits per heavy atom. The minimum absolute atomic E-state index is 0. The van der Waals surface area contributed by atoms with Gasteiger partial charge in [-0.25, -0.2) is 11.1 Å². The van der Waals surface area contributed by atoms with Gasteiger partial charge in [-0.1, -0.05) is 222 Å². The standard InChI is InChI=1S/2C12H11Si.2C9H13.2C3H8N.2ClH.2Hf/c2*1-3-7-11(8-4-1)13-12-9-5-2-6-10-12;2*1-6-5-7(2)9(4)8(6)3;2*1-2-3-4;;;;/h2*1-10,13H;2*6H,1-4H3;2*4H,2-3H2,1H3;2*1H;;/q;;4*-1;;;;/p-2. The van der Waals surface area contributed by atoms with Crippen molar-refractivity contribution in [3.63, 3.8) is 0 Å². The molecule has 2 N–H and O–H groups in total. The van der Waals surface area contributed by atoms with E-state index >= 15 is 0 Å². The predicted octanol–water partition coefficient (Wildman–Crippen LogP) is 4.49. The third-order valence-electron chi connectivity index (χ3n) is 8.84. The average Bonchev–Trinajstić information content (AvgIpc) is 3.54. The van der Waals surface area contributed by atoms with E-state index in [1.54, 1.807) is 0 Å². The zero-order chi connectivity index (χ0) is 38.7. The molecule has 56 heavy (non-hydrogen) atoms. The number of hydrogen-bond donors (Lipinski definition) is 0. The molecule has 2 aliphatic carbocycles. The number of rotatable bonds is 6. The monoisotopic (exact) mass is 1150 g/mol. The van der Waals surface area contributed by atoms with Crippen LogP contribution in [0, 0.1) is 24.0 Å². The smallest absolute Gasteiger partial charge is 0.103 e. The van der Waals surface area contributed by atoms with Gasteiger partial charge in [0.05, 0.1) is 0 Å². The van der Waals surface area contributed by atoms with Crippen LogP contribution in [0.5, 0.6) is 0 Å². The van der Waals surface area contributed by atoms with E-state index in [9.17, 15) is 0 Å². The predicted molar refractivity (Wildman–Crippen MR) is 237 cm³/mol. The Balaban J connectivity index is -0.000000299. The Morgan fingerprint density at radius 3 is 0.750 bits per heavy atom. The van der Waals surface area contributed by atoms with E-state index in [0.29, 0.717) is 24.9 Å². The van der Waals surface area contributed by atoms with Gasteiger partial charge in [0.2, 0.25) is 0 Å². The summed E-state index contributed by atoms with van der Waals surface area (Å²) in [6.07, 6.45) is 8.69. The summed E-state index contributed by atoms with van der Waals surface area (Å²) < 4.78 is 0. The third-order valence-corrected chi connectivity index (χ3v) is 11.7. The van der Waals surface area contributed by atoms with Crippen molar-refractivity contribution in [3.05, 3.63) is 178 Å². The summed E-state index contributed by atoms with van der Waals surface area (Å²) in [7, 11) is 0.543. The average molecular weight is 1150 g/mol. The van der Waals surface area contributed by atoms with Crippen LogP contribution in [0.3, 0.4) is 0 Å². The Hall–Kier alpha value is -1.49. The zero-order valence-corrected chi connectivity index (χ0v) is 46.4. The van der Waals surface area contributed by atoms with Crippen molar-refractivity contribution >= 4 is 39.8 Å². The van der Waals surface area contributed by atoms with Gasteiger partial charge in [0.15, 0.2) is 0 Å². The van der Waals surface area contributed by atoms with E-state index in [4.69, 9.17) is 11.5 Å². The molecule has 2 atom stereocenters. The molecule has 8 heteroatoms. The number of halogens is 2. The van der Waals surface area contributed by atoms with Gasteiger partial charge in [0.1, 0.15) is 19.0 Å². The van der Waals surface area contributed by atoms with Crippen LogP contribution in [-0.4, -0.2) is 32.1 Å². The molecule has 2 nitrogen and oxygen atoms in total. The van der Waals surface area contributed by atoms with Gasteiger partial charge in [-0.2, -0.15) is 35.4 Å². The summed E-state index contributed by atoms with van der Waals surface area (Å²) >= 11 is 0. The number of benzene rings is 4. The van der Waals surface area contributed by atoms with Crippen molar-refractivity contribution in [3.8, 4) is 0 Å². The molecule has 302 valence electrons. The molecule has 4 aromatic rings. The molecular formula is C48H64Cl2Hf2N2Si2-6. The van der Waals surface area contributed by atoms with E-state index < -0.39 is 0 Å². The maximum Gasteiger partial charge on any atom is 0.103 e. The van der Waals surface area contributed by atoms with E-state index in [0.717, 1.165) is 12.8 Å². The fourth-order valence-electron chi connectivity index (χ4n) is 4.91. The van der Waals surface area contributed by atoms with Crippen LogP contribution in [0.25, 0.3) is 11.5 Å². The largest absolute Gasteiger partial charge is 1.00 e. The number of nitrogens with one attached hydrogen (secondary N) is 2. The molecule has 0 saturated carbocycles. The molecule has 0 aliphatic heterocycles. The van der Waals surface area contributed by atoms with E-state index in [2.05, 4.69) is 189 Å². The molecule has 2 aliphatic rings. The molecule has 0 aromatic heterocycles. The van der Waals surface area contributed by atoms with Crippen LogP contribution in [0.2, 0.25) is 0 Å². The second-order valence-electron chi connectivity index (χ2n) is 13.0. The van der Waals surface area contributed by atoms with Crippen molar-refractivity contribution < 1.29 is 76.5 Å². The summed E-state index contributed by atoms with van der Waals surface area (Å²) in [5.74, 6) is 1.12. The van der Waals surface area contributed by atoms with Gasteiger partial charge >= 0.3 is 0 Å². The molecule has 0 fully saturated rings. The van der Waals surface area contributed by atoms with Gasteiger partial charge in [0, 0.05) is 51.7 Å². The van der Waals surface area contributed by atoms with E-state index in [-0.39, 0.29) is 95.5 Å². The summed E-state index contributed by atoms with van der Waals surface area (Å²) in [4.78, 5) is 0. The third kappa shape index (κ3) is 26.5. The maximum absolute atomic E-state index is 6.45. The Morgan fingerprint density at radius 2 is 0.643 bits per heavy atom. The minimum Gasteiger partial charge on any atom is -1.00 e. The van der Waals surface area contributed by atoms with E-state index in [1.165, 1.54) is 54.2 Å². The Kier molecular flexibility index (Phi) is 41.3. The summed E-state index contributed by atoms with van der Waals surface area (Å²) in [6.45, 7) is 22.5. The first-order chi connectivity index (χ1) is 25.0. The van der Waals surface area contributed by atoms with Gasteiger partial charge in [-0.3, -0.25) is 12.2 Å². The molecule has 0 amide bonds. The second-order valence-corrected chi connectivity index (χ2v) is 16.3. The first-order valence-electron chi connectivity index (χ1n) is 18.7. The second kappa shape index (κ2) is 37.8. The molecule has 0 heterocycles. The van der Waals surface area contributed by atoms with Crippen LogP contribution in [0.4, 0.5) is 0 Å². The SMILES string of the molecule is CC1=[C-]C(C)C(C)=C1C.CC1=[C-]C(C)C(C)=C1C.CCC[NH-].CCC[NH-].[Cl-].[Cl-].[Hf].[Hf].c1ccc([SiH]c2ccccc2)cc1.c1ccc([SiH]c2ccccc2)cc1. The van der Waals surface area contributed by atoms with Gasteiger partial charge < -0.3 is 36.3 Å². The molecule has 2 radical (unpaired) electrons. The van der Waals surface area contributed by atoms with E-state index in [1.807, 2.05) is 13.8 Å². The molecular weight excluding hydrogens is 1090 g/mol. The summed E-state index contributed by atoms with van der Waals surface area (Å²) in [5, 5.41) is 5.81. The van der Waals surface area contributed by atoms with Crippen molar-refractivity contribution in [2.24, 2.45) is 11.8 Å². The van der Waals surface area contributed by atoms with Crippen LogP contribution in [-0.2, 0) is 51.7 Å². The zero-order valence-electron chi connectivity index (χ0n) is 35.4. The molecule has 2 unspecified atom stereocenters. The summed E-state index contributed by atoms with van der Waals surface area (Å²) in [6, 6.07) is 42.6. The van der Waals surface area contributed by atoms with Crippen LogP contribution in [0.1, 0.15) is 82.1 Å². The van der Waals surface area contributed by atoms with Gasteiger partial charge in [-0.15, -0.1) is 13.8 Å². The summed E-state index contributed by atoms with van der Waals surface area (Å²) in [5.41, 5.74) is 21.4. The van der Waals surface area contributed by atoms with Crippen LogP contribution in [0.15, 0.2) is 155 Å². The molecule has 0 saturated heterocycles. The molecule has 0 spiro atoms. The van der Waals surface area contributed by atoms with Crippen molar-refractivity contribution in [1.82, 2.24) is 0 Å². The van der Waals surface area contributed by atoms with Crippen molar-refractivity contribution in [2.75, 3.05) is 13.1 Å². The maximum atomic E-state index is 6.45. The Labute approximate surface area is 398 Å². The normalized spacial score (nSPS) is 14.4. The van der Waals surface area contributed by atoms with Gasteiger partial charge in [-0.05, 0) is 0 Å². The topological polar surface area (TPSA) is 47.6 Å².